The third-order valence-corrected chi connectivity index (χ3v) is 11.1. The fraction of sp³-hybridized carbons (Fsp3) is 0.143. The van der Waals surface area contributed by atoms with E-state index in [1.54, 1.807) is 12.5 Å². The first-order valence-corrected chi connectivity index (χ1v) is 13.2. The number of benzene rings is 2. The van der Waals surface area contributed by atoms with Gasteiger partial charge < -0.3 is 8.83 Å². The van der Waals surface area contributed by atoms with Crippen LogP contribution < -0.4 is 0 Å². The summed E-state index contributed by atoms with van der Waals surface area (Å²) in [5.74, 6) is 1.61. The van der Waals surface area contributed by atoms with Gasteiger partial charge in [-0.05, 0) is 71.5 Å². The molecule has 2 aliphatic rings. The fourth-order valence-corrected chi connectivity index (χ4v) is 10.9. The van der Waals surface area contributed by atoms with Crippen molar-refractivity contribution < 1.29 is 35.0 Å². The Hall–Kier alpha value is -1.84. The van der Waals surface area contributed by atoms with Crippen LogP contribution >= 0.6 is 23.2 Å². The minimum absolute atomic E-state index is 0. The molecule has 6 heteroatoms. The minimum Gasteiger partial charge on any atom is -0.465 e. The number of fused-ring (bicyclic) bond motifs is 2. The van der Waals surface area contributed by atoms with E-state index in [4.69, 9.17) is 32.0 Å². The SMILES string of the molecule is CC1=C(c2ccco2)C(Cl)([SiH2]C2(Cl)C(c3ccco3)=C(C)c3ccccc32)c2ccccc21.[Zr]. The summed E-state index contributed by atoms with van der Waals surface area (Å²) in [7, 11) is -1.35. The van der Waals surface area contributed by atoms with E-state index in [9.17, 15) is 0 Å². The molecule has 168 valence electrons. The van der Waals surface area contributed by atoms with Gasteiger partial charge in [-0.3, -0.25) is 0 Å². The minimum atomic E-state index is -1.35. The van der Waals surface area contributed by atoms with Gasteiger partial charge in [-0.2, -0.15) is 0 Å². The molecule has 0 spiro atoms. The Balaban J connectivity index is 0.00000241. The molecule has 0 saturated carbocycles. The number of rotatable bonds is 4. The molecule has 2 atom stereocenters. The van der Waals surface area contributed by atoms with Crippen LogP contribution in [0.4, 0.5) is 0 Å². The van der Waals surface area contributed by atoms with Gasteiger partial charge >= 0.3 is 0 Å². The van der Waals surface area contributed by atoms with Crippen LogP contribution in [0.3, 0.4) is 0 Å². The summed E-state index contributed by atoms with van der Waals surface area (Å²) >= 11 is 15.5. The molecule has 34 heavy (non-hydrogen) atoms. The van der Waals surface area contributed by atoms with Gasteiger partial charge in [0.05, 0.1) is 31.0 Å². The molecule has 0 radical (unpaired) electrons. The average Bonchev–Trinajstić information content (AvgIpc) is 3.59. The first kappa shape index (κ1) is 23.9. The molecule has 0 bridgehead atoms. The van der Waals surface area contributed by atoms with Crippen LogP contribution in [0.2, 0.25) is 0 Å². The second-order valence-electron chi connectivity index (χ2n) is 8.82. The van der Waals surface area contributed by atoms with Gasteiger partial charge in [0.2, 0.25) is 0 Å². The molecular formula is C28H22Cl2O2SiZr. The summed E-state index contributed by atoms with van der Waals surface area (Å²) in [6.07, 6.45) is 3.41. The number of furan rings is 2. The Morgan fingerprint density at radius 2 is 1.03 bits per heavy atom. The average molecular weight is 581 g/mol. The molecule has 2 unspecified atom stereocenters. The van der Waals surface area contributed by atoms with Gasteiger partial charge in [-0.25, -0.2) is 0 Å². The molecule has 2 heterocycles. The molecule has 6 rings (SSSR count). The second-order valence-corrected chi connectivity index (χ2v) is 13.5. The summed E-state index contributed by atoms with van der Waals surface area (Å²) in [6, 6.07) is 24.6. The fourth-order valence-electron chi connectivity index (χ4n) is 5.75. The van der Waals surface area contributed by atoms with Crippen LogP contribution in [0.15, 0.2) is 94.2 Å². The van der Waals surface area contributed by atoms with Gasteiger partial charge in [-0.15, -0.1) is 23.2 Å². The molecule has 0 N–H and O–H groups in total. The molecule has 2 nitrogen and oxygen atoms in total. The molecule has 2 aromatic heterocycles. The van der Waals surface area contributed by atoms with Gasteiger partial charge in [0, 0.05) is 37.3 Å². The molecular weight excluding hydrogens is 559 g/mol. The summed E-state index contributed by atoms with van der Waals surface area (Å²) in [4.78, 5) is 0. The number of halogens is 2. The number of alkyl halides is 2. The van der Waals surface area contributed by atoms with Gasteiger partial charge in [0.25, 0.3) is 0 Å². The van der Waals surface area contributed by atoms with Crippen molar-refractivity contribution in [3.8, 4) is 0 Å². The summed E-state index contributed by atoms with van der Waals surface area (Å²) in [5.41, 5.74) is 8.91. The van der Waals surface area contributed by atoms with Crippen molar-refractivity contribution in [3.05, 3.63) is 119 Å². The number of allylic oxidation sites excluding steroid dienone is 4. The van der Waals surface area contributed by atoms with Crippen LogP contribution in [0.1, 0.15) is 47.6 Å². The van der Waals surface area contributed by atoms with Crippen molar-refractivity contribution in [1.82, 2.24) is 0 Å². The Kier molecular flexibility index (Phi) is 6.09. The zero-order chi connectivity index (χ0) is 22.8. The Morgan fingerprint density at radius 1 is 0.618 bits per heavy atom. The maximum absolute atomic E-state index is 7.77. The van der Waals surface area contributed by atoms with Crippen LogP contribution in [0, 0.1) is 0 Å². The van der Waals surface area contributed by atoms with E-state index in [1.165, 1.54) is 0 Å². The summed E-state index contributed by atoms with van der Waals surface area (Å²) < 4.78 is 10.3. The first-order valence-electron chi connectivity index (χ1n) is 11.0. The first-order chi connectivity index (χ1) is 15.9. The molecule has 2 aliphatic carbocycles. The Labute approximate surface area is 230 Å². The summed E-state index contributed by atoms with van der Waals surface area (Å²) in [5, 5.41) is 0. The van der Waals surface area contributed by atoms with E-state index >= 15 is 0 Å². The van der Waals surface area contributed by atoms with Crippen LogP contribution in [-0.2, 0) is 35.2 Å². The van der Waals surface area contributed by atoms with Crippen molar-refractivity contribution >= 4 is 55.0 Å². The Morgan fingerprint density at radius 3 is 1.41 bits per heavy atom. The van der Waals surface area contributed by atoms with Crippen LogP contribution in [0.25, 0.3) is 22.3 Å². The molecule has 4 aromatic rings. The maximum Gasteiger partial charge on any atom is 0.131 e. The molecule has 0 aliphatic heterocycles. The van der Waals surface area contributed by atoms with Crippen molar-refractivity contribution in [1.29, 1.82) is 0 Å². The standard InChI is InChI=1S/C28H22Cl2O2Si.Zr/c1-17-19-9-3-5-11-21(19)27(29,25(17)23-13-7-15-31-23)33-28(30)22-12-6-4-10-20(22)18(2)26(28)24-14-8-16-32-24;/h3-16H,33H2,1-2H3;. The van der Waals surface area contributed by atoms with Crippen molar-refractivity contribution in [2.45, 2.75) is 22.8 Å². The van der Waals surface area contributed by atoms with Crippen LogP contribution in [-0.4, -0.2) is 9.52 Å². The van der Waals surface area contributed by atoms with Crippen LogP contribution in [0.5, 0.6) is 0 Å². The third-order valence-electron chi connectivity index (χ3n) is 7.08. The number of hydrogen-bond acceptors (Lipinski definition) is 2. The van der Waals surface area contributed by atoms with E-state index in [0.29, 0.717) is 0 Å². The third kappa shape index (κ3) is 3.30. The van der Waals surface area contributed by atoms with E-state index < -0.39 is 18.5 Å². The molecule has 0 amide bonds. The van der Waals surface area contributed by atoms with Gasteiger partial charge in [-0.1, -0.05) is 48.5 Å². The number of hydrogen-bond donors (Lipinski definition) is 0. The van der Waals surface area contributed by atoms with Crippen molar-refractivity contribution in [3.63, 3.8) is 0 Å². The zero-order valence-corrected chi connectivity index (χ0v) is 24.2. The van der Waals surface area contributed by atoms with Crippen molar-refractivity contribution in [2.75, 3.05) is 0 Å². The van der Waals surface area contributed by atoms with Crippen molar-refractivity contribution in [2.24, 2.45) is 0 Å². The van der Waals surface area contributed by atoms with Gasteiger partial charge in [0.1, 0.15) is 11.5 Å². The summed E-state index contributed by atoms with van der Waals surface area (Å²) in [6.45, 7) is 4.26. The van der Waals surface area contributed by atoms with E-state index in [-0.39, 0.29) is 26.2 Å². The predicted octanol–water partition coefficient (Wildman–Crippen LogP) is 7.41. The zero-order valence-electron chi connectivity index (χ0n) is 18.9. The predicted molar refractivity (Wildman–Crippen MR) is 139 cm³/mol. The molecule has 2 aromatic carbocycles. The van der Waals surface area contributed by atoms with E-state index in [2.05, 4.69) is 62.4 Å². The van der Waals surface area contributed by atoms with E-state index in [1.807, 2.05) is 24.3 Å². The monoisotopic (exact) mass is 578 g/mol. The quantitative estimate of drug-likeness (QED) is 0.186. The van der Waals surface area contributed by atoms with E-state index in [0.717, 1.165) is 56.1 Å². The maximum atomic E-state index is 7.77. The van der Waals surface area contributed by atoms with Gasteiger partial charge in [0.15, 0.2) is 0 Å². The normalized spacial score (nSPS) is 23.5. The topological polar surface area (TPSA) is 26.3 Å². The Bertz CT molecular complexity index is 1330. The molecule has 0 fully saturated rings. The second kappa shape index (κ2) is 8.68. The smallest absolute Gasteiger partial charge is 0.131 e. The molecule has 0 saturated heterocycles. The largest absolute Gasteiger partial charge is 0.465 e.